The summed E-state index contributed by atoms with van der Waals surface area (Å²) >= 11 is 0. The Morgan fingerprint density at radius 3 is 1.40 bits per heavy atom. The van der Waals surface area contributed by atoms with Gasteiger partial charge in [0.25, 0.3) is 0 Å². The number of rotatable bonds is 42. The number of benzene rings is 5. The van der Waals surface area contributed by atoms with Crippen molar-refractivity contribution in [2.24, 2.45) is 12.0 Å². The summed E-state index contributed by atoms with van der Waals surface area (Å²) in [5, 5.41) is 50.3. The van der Waals surface area contributed by atoms with E-state index in [1.165, 1.54) is 75.3 Å². The molecule has 7 aromatic heterocycles. The van der Waals surface area contributed by atoms with E-state index in [4.69, 9.17) is 97.1 Å². The Kier molecular flexibility index (Phi) is 36.7. The Bertz CT molecular complexity index is 7160. The lowest BCUT2D eigenvalue weighted by Gasteiger charge is -2.24. The monoisotopic (exact) mass is 2050 g/mol. The minimum Gasteiger partial charge on any atom is -0.494 e. The molecular weight excluding hydrogens is 1950 g/mol. The SMILES string of the molecule is COc1cc(C=C2C(C)=C(CC(=O)NCc3cccn3C)c3nc(F)ccc32)cc(OC)c1OCC(=O)O.COc1cc(CC2=NC(CC(=O)NCc3ccco3)c3nc(F)ccc32)cc(OC)c1OCC(=O)O.COc1cc2c(cn1)C(=Cc1cc(OC)c(OCC(=O)O)c(OC)c1)C(C)=C2CC(=O)NCc1ccco1.[C-]#[N+]c1ccc2c(c1)C(CC(=O)NCc1ccco1)N(C)/C2=C/c1cc(OC)c(NCC(=O)O)c(OC)c1. The number of aromatic nitrogens is 4. The quantitative estimate of drug-likeness (QED) is 0.0127. The second kappa shape index (κ2) is 50.7. The molecule has 2 atom stereocenters. The van der Waals surface area contributed by atoms with Crippen molar-refractivity contribution < 1.29 is 138 Å². The normalized spacial score (nSPS) is 14.0. The van der Waals surface area contributed by atoms with Crippen molar-refractivity contribution >= 4 is 111 Å². The minimum absolute atomic E-state index is 0.0116. The molecule has 4 aliphatic rings. The standard InChI is InChI=1S/C28H28FN3O6.C28H28N4O6.C28H28N2O8.C25H24FN3O7/c1-16-20(10-17-11-22(36-3)28(23(12-17)37-4)38-15-26(34)35)19-7-8-24(29)31-27(19)21(16)13-25(33)30-14-18-6-5-9-32(18)2;1-29-18-7-8-20-21(13-18)23(14-26(33)30-15-19-6-5-9-38-19)32(2)22(20)10-17-11-24(36-3)28(25(12-17)37-4)31-16-27(34)35;1-16-19(8-17-9-23(34-2)28(24(10-17)35-3)38-15-27(32)33)22-14-30-26(36-4)12-21(22)20(16)11-25(31)29-13-18-6-5-7-37-18;1-33-19-9-14(10-20(34-2)25(19)36-13-23(31)32)8-17-16-5-6-21(26)29-24(16)18(28-17)11-22(30)27-12-15-4-3-7-35-15/h5-12H,13-15H2,1-4H3,(H,30,33)(H,34,35);5-13,23,31H,14-16H2,2-4H3,(H,30,33)(H,34,35);5-10,12,14H,11,13,15H2,1-4H3,(H,29,31)(H,32,33);3-7,9-10,18H,8,11-13H2,1-2H3,(H,27,30)(H,31,32)/b;22-10+;;. The Balaban J connectivity index is 0.000000167. The fourth-order valence-corrected chi connectivity index (χ4v) is 17.0. The number of amides is 4. The molecule has 5 aromatic carbocycles. The summed E-state index contributed by atoms with van der Waals surface area (Å²) in [5.74, 6) is -0.925. The maximum absolute atomic E-state index is 14.2. The van der Waals surface area contributed by atoms with Gasteiger partial charge in [0.15, 0.2) is 60.0 Å². The third-order valence-corrected chi connectivity index (χ3v) is 24.1. The summed E-state index contributed by atoms with van der Waals surface area (Å²) in [6, 6.07) is 40.3. The predicted octanol–water partition coefficient (Wildman–Crippen LogP) is 15.9. The molecule has 2 aliphatic heterocycles. The first-order valence-electron chi connectivity index (χ1n) is 46.3. The summed E-state index contributed by atoms with van der Waals surface area (Å²) in [7, 11) is 17.0. The lowest BCUT2D eigenvalue weighted by molar-refractivity contribution is -0.140. The molecule has 9 heterocycles. The average molecular weight is 2060 g/mol. The number of fused-ring (bicyclic) bond motifs is 4. The number of pyridine rings is 3. The van der Waals surface area contributed by atoms with Crippen LogP contribution >= 0.6 is 0 Å². The first-order valence-corrected chi connectivity index (χ1v) is 46.3. The van der Waals surface area contributed by atoms with Gasteiger partial charge in [0, 0.05) is 78.3 Å². The minimum atomic E-state index is -1.14. The van der Waals surface area contributed by atoms with Gasteiger partial charge >= 0.3 is 23.9 Å². The van der Waals surface area contributed by atoms with Gasteiger partial charge in [-0.05, 0) is 220 Å². The number of aliphatic imine (C=N–C) groups is 1. The van der Waals surface area contributed by atoms with E-state index in [9.17, 15) is 47.1 Å². The van der Waals surface area contributed by atoms with Gasteiger partial charge in [-0.3, -0.25) is 29.0 Å². The molecule has 0 spiro atoms. The number of methoxy groups -OCH3 is 9. The van der Waals surface area contributed by atoms with Crippen molar-refractivity contribution in [2.45, 2.75) is 84.2 Å². The van der Waals surface area contributed by atoms with Gasteiger partial charge in [-0.25, -0.2) is 34.2 Å². The van der Waals surface area contributed by atoms with Crippen LogP contribution in [-0.4, -0.2) is 195 Å². The number of aliphatic carboxylic acids is 4. The van der Waals surface area contributed by atoms with Gasteiger partial charge in [0.1, 0.15) is 47.1 Å². The summed E-state index contributed by atoms with van der Waals surface area (Å²) < 4.78 is 111. The molecule has 0 bridgehead atoms. The third-order valence-electron chi connectivity index (χ3n) is 24.1. The van der Waals surface area contributed by atoms with Gasteiger partial charge in [-0.2, -0.15) is 8.78 Å². The van der Waals surface area contributed by atoms with E-state index >= 15 is 0 Å². The van der Waals surface area contributed by atoms with Crippen LogP contribution in [0.3, 0.4) is 0 Å². The van der Waals surface area contributed by atoms with Gasteiger partial charge in [0.05, 0.1) is 159 Å². The van der Waals surface area contributed by atoms with E-state index in [0.717, 1.165) is 78.2 Å². The maximum atomic E-state index is 14.2. The van der Waals surface area contributed by atoms with E-state index in [-0.39, 0.29) is 109 Å². The number of hydrogen-bond acceptors (Lipinski definition) is 29. The second-order valence-electron chi connectivity index (χ2n) is 33.7. The topological polar surface area (TPSA) is 491 Å². The van der Waals surface area contributed by atoms with Gasteiger partial charge < -0.3 is 127 Å². The molecular formula is C109H108F2N12O27. The van der Waals surface area contributed by atoms with Crippen molar-refractivity contribution in [3.63, 3.8) is 0 Å². The van der Waals surface area contributed by atoms with Crippen molar-refractivity contribution in [3.05, 3.63) is 301 Å². The fourth-order valence-electron chi connectivity index (χ4n) is 17.0. The highest BCUT2D eigenvalue weighted by atomic mass is 19.1. The highest BCUT2D eigenvalue weighted by Crippen LogP contribution is 2.51. The van der Waals surface area contributed by atoms with Crippen LogP contribution < -0.4 is 83.4 Å². The highest BCUT2D eigenvalue weighted by Gasteiger charge is 2.37. The number of carboxylic acid groups (broad SMARTS) is 4. The summed E-state index contributed by atoms with van der Waals surface area (Å²) in [6.07, 6.45) is 14.7. The van der Waals surface area contributed by atoms with Crippen LogP contribution in [0.4, 0.5) is 20.2 Å². The maximum Gasteiger partial charge on any atom is 0.341 e. The largest absolute Gasteiger partial charge is 0.494 e. The molecule has 780 valence electrons. The number of furan rings is 3. The Hall–Kier alpha value is -18.6. The average Bonchev–Trinajstić information content (AvgIpc) is 1.62. The number of allylic oxidation sites excluding steroid dienone is 4. The lowest BCUT2D eigenvalue weighted by atomic mass is 10.00. The predicted molar refractivity (Wildman–Crippen MR) is 545 cm³/mol. The molecule has 16 rings (SSSR count). The number of hydrogen-bond donors (Lipinski definition) is 9. The molecule has 0 saturated heterocycles. The van der Waals surface area contributed by atoms with Crippen molar-refractivity contribution in [1.29, 1.82) is 0 Å². The van der Waals surface area contributed by atoms with Crippen LogP contribution in [0.2, 0.25) is 0 Å². The second-order valence-corrected chi connectivity index (χ2v) is 33.7. The Morgan fingerprint density at radius 2 is 0.927 bits per heavy atom. The number of carbonyl (C=O) groups excluding carboxylic acids is 4. The Labute approximate surface area is 859 Å². The summed E-state index contributed by atoms with van der Waals surface area (Å²) in [5.41, 5.74) is 16.7. The van der Waals surface area contributed by atoms with Crippen molar-refractivity contribution in [2.75, 3.05) is 103 Å². The molecule has 39 nitrogen and oxygen atoms in total. The number of halogens is 2. The van der Waals surface area contributed by atoms with E-state index in [1.807, 2.05) is 92.2 Å². The smallest absolute Gasteiger partial charge is 0.341 e. The third kappa shape index (κ3) is 27.1. The van der Waals surface area contributed by atoms with Crippen molar-refractivity contribution in [1.82, 2.24) is 45.7 Å². The first-order chi connectivity index (χ1) is 72.3. The zero-order valence-electron chi connectivity index (χ0n) is 83.9. The fraction of sp³-hybridized carbons (Fsp3) is 0.257. The van der Waals surface area contributed by atoms with E-state index in [0.29, 0.717) is 123 Å². The molecule has 0 saturated carbocycles. The highest BCUT2D eigenvalue weighted by molar-refractivity contribution is 6.10. The number of nitrogens with one attached hydrogen (secondary N) is 5. The van der Waals surface area contributed by atoms with Crippen LogP contribution in [0, 0.1) is 18.5 Å². The van der Waals surface area contributed by atoms with Crippen LogP contribution in [0.1, 0.15) is 142 Å². The molecule has 2 unspecified atom stereocenters. The number of carbonyl (C=O) groups is 8. The molecule has 12 aromatic rings. The number of carboxylic acids is 4. The zero-order chi connectivity index (χ0) is 108. The van der Waals surface area contributed by atoms with Crippen LogP contribution in [0.15, 0.2) is 206 Å². The lowest BCUT2D eigenvalue weighted by Crippen LogP contribution is -2.27. The molecule has 0 fully saturated rings. The molecule has 41 heteroatoms. The number of ether oxygens (including phenoxy) is 12. The number of anilines is 1. The summed E-state index contributed by atoms with van der Waals surface area (Å²) in [4.78, 5) is 118. The van der Waals surface area contributed by atoms with Crippen molar-refractivity contribution in [3.8, 4) is 69.1 Å². The van der Waals surface area contributed by atoms with E-state index < -0.39 is 61.6 Å². The van der Waals surface area contributed by atoms with E-state index in [1.54, 1.807) is 129 Å². The molecule has 9 N–H and O–H groups in total. The van der Waals surface area contributed by atoms with Crippen LogP contribution in [0.25, 0.3) is 51.1 Å². The summed E-state index contributed by atoms with van der Waals surface area (Å²) in [6.45, 7) is 10.5. The van der Waals surface area contributed by atoms with Gasteiger partial charge in [-0.15, -0.1) is 0 Å². The molecule has 0 radical (unpaired) electrons. The van der Waals surface area contributed by atoms with Crippen LogP contribution in [-0.2, 0) is 78.0 Å². The molecule has 4 amide bonds. The van der Waals surface area contributed by atoms with Gasteiger partial charge in [-0.1, -0.05) is 18.2 Å². The Morgan fingerprint density at radius 1 is 0.473 bits per heavy atom. The molecule has 150 heavy (non-hydrogen) atoms. The zero-order valence-corrected chi connectivity index (χ0v) is 83.9. The van der Waals surface area contributed by atoms with Gasteiger partial charge in [0.2, 0.25) is 58.7 Å². The number of nitrogens with zero attached hydrogens (tertiary/aromatic N) is 7. The van der Waals surface area contributed by atoms with E-state index in [2.05, 4.69) is 51.4 Å². The first kappa shape index (κ1) is 109. The number of aryl methyl sites for hydroxylation is 1. The van der Waals surface area contributed by atoms with Crippen LogP contribution in [0.5, 0.6) is 69.1 Å². The molecule has 2 aliphatic carbocycles.